The molecule has 0 spiro atoms. The van der Waals surface area contributed by atoms with Crippen molar-refractivity contribution in [3.05, 3.63) is 11.1 Å². The van der Waals surface area contributed by atoms with E-state index in [0.29, 0.717) is 24.2 Å². The Balaban J connectivity index is 2.01. The molecule has 4 atom stereocenters. The Bertz CT molecular complexity index is 393. The van der Waals surface area contributed by atoms with Crippen molar-refractivity contribution in [3.63, 3.8) is 0 Å². The van der Waals surface area contributed by atoms with Gasteiger partial charge in [0.15, 0.2) is 0 Å². The molecule has 2 fully saturated rings. The molecule has 0 bridgehead atoms. The van der Waals surface area contributed by atoms with E-state index < -0.39 is 0 Å². The van der Waals surface area contributed by atoms with Crippen molar-refractivity contribution in [1.82, 2.24) is 0 Å². The zero-order valence-electron chi connectivity index (χ0n) is 13.4. The Morgan fingerprint density at radius 3 is 2.55 bits per heavy atom. The van der Waals surface area contributed by atoms with Gasteiger partial charge in [0.2, 0.25) is 6.29 Å². The summed E-state index contributed by atoms with van der Waals surface area (Å²) in [6, 6.07) is 0. The van der Waals surface area contributed by atoms with Gasteiger partial charge in [0.05, 0.1) is 6.10 Å². The summed E-state index contributed by atoms with van der Waals surface area (Å²) < 4.78 is 11.6. The first-order valence-electron chi connectivity index (χ1n) is 7.91. The molecule has 2 aliphatic rings. The van der Waals surface area contributed by atoms with Crippen LogP contribution in [0.15, 0.2) is 11.1 Å². The lowest BCUT2D eigenvalue weighted by molar-refractivity contribution is -0.186. The van der Waals surface area contributed by atoms with Crippen LogP contribution < -0.4 is 0 Å². The van der Waals surface area contributed by atoms with E-state index in [2.05, 4.69) is 20.8 Å². The third kappa shape index (κ3) is 3.43. The van der Waals surface area contributed by atoms with Crippen molar-refractivity contribution >= 4 is 5.97 Å². The van der Waals surface area contributed by atoms with Crippen LogP contribution in [0.4, 0.5) is 0 Å². The monoisotopic (exact) mass is 280 g/mol. The highest BCUT2D eigenvalue weighted by Gasteiger charge is 2.37. The lowest BCUT2D eigenvalue weighted by Crippen LogP contribution is -2.37. The maximum atomic E-state index is 11.8. The molecule has 1 saturated heterocycles. The molecule has 0 unspecified atom stereocenters. The lowest BCUT2D eigenvalue weighted by atomic mass is 9.75. The van der Waals surface area contributed by atoms with Crippen molar-refractivity contribution in [2.45, 2.75) is 72.7 Å². The first-order valence-corrected chi connectivity index (χ1v) is 7.91. The van der Waals surface area contributed by atoms with Crippen molar-refractivity contribution in [2.75, 3.05) is 0 Å². The molecule has 0 aromatic rings. The van der Waals surface area contributed by atoms with Crippen LogP contribution in [0.1, 0.15) is 60.3 Å². The summed E-state index contributed by atoms with van der Waals surface area (Å²) >= 11 is 0. The van der Waals surface area contributed by atoms with Crippen molar-refractivity contribution in [1.29, 1.82) is 0 Å². The average molecular weight is 280 g/mol. The highest BCUT2D eigenvalue weighted by Crippen LogP contribution is 2.37. The van der Waals surface area contributed by atoms with E-state index in [4.69, 9.17) is 9.47 Å². The molecule has 2 rings (SSSR count). The molecule has 1 heterocycles. The maximum absolute atomic E-state index is 11.8. The molecule has 114 valence electrons. The molecule has 0 aromatic heterocycles. The lowest BCUT2D eigenvalue weighted by Gasteiger charge is -2.38. The number of cyclic esters (lactones) is 1. The van der Waals surface area contributed by atoms with Gasteiger partial charge in [-0.05, 0) is 44.4 Å². The van der Waals surface area contributed by atoms with Gasteiger partial charge in [-0.3, -0.25) is 0 Å². The highest BCUT2D eigenvalue weighted by molar-refractivity contribution is 5.91. The first kappa shape index (κ1) is 15.6. The zero-order valence-corrected chi connectivity index (χ0v) is 13.4. The predicted molar refractivity (Wildman–Crippen MR) is 79.1 cm³/mol. The van der Waals surface area contributed by atoms with Crippen LogP contribution in [0.5, 0.6) is 0 Å². The predicted octanol–water partition coefficient (Wildman–Crippen LogP) is 4.07. The van der Waals surface area contributed by atoms with Crippen molar-refractivity contribution in [2.24, 2.45) is 17.8 Å². The van der Waals surface area contributed by atoms with Crippen LogP contribution in [0.25, 0.3) is 0 Å². The number of esters is 1. The van der Waals surface area contributed by atoms with Gasteiger partial charge in [-0.2, -0.15) is 0 Å². The second kappa shape index (κ2) is 6.30. The van der Waals surface area contributed by atoms with E-state index in [1.807, 2.05) is 13.8 Å². The summed E-state index contributed by atoms with van der Waals surface area (Å²) in [4.78, 5) is 11.8. The molecule has 20 heavy (non-hydrogen) atoms. The minimum Gasteiger partial charge on any atom is -0.432 e. The largest absolute Gasteiger partial charge is 0.432 e. The molecule has 1 aliphatic heterocycles. The van der Waals surface area contributed by atoms with Crippen LogP contribution >= 0.6 is 0 Å². The first-order chi connectivity index (χ1) is 9.38. The molecule has 3 heteroatoms. The van der Waals surface area contributed by atoms with Gasteiger partial charge in [-0.15, -0.1) is 0 Å². The normalized spacial score (nSPS) is 34.5. The van der Waals surface area contributed by atoms with Crippen LogP contribution in [-0.4, -0.2) is 18.4 Å². The second-order valence-electron chi connectivity index (χ2n) is 7.02. The Hall–Kier alpha value is -0.830. The summed E-state index contributed by atoms with van der Waals surface area (Å²) in [7, 11) is 0. The van der Waals surface area contributed by atoms with E-state index in [1.54, 1.807) is 0 Å². The highest BCUT2D eigenvalue weighted by atomic mass is 16.7. The fraction of sp³-hybridized carbons (Fsp3) is 0.824. The molecule has 1 saturated carbocycles. The fourth-order valence-corrected chi connectivity index (χ4v) is 3.43. The van der Waals surface area contributed by atoms with E-state index in [-0.39, 0.29) is 18.4 Å². The Morgan fingerprint density at radius 1 is 1.30 bits per heavy atom. The summed E-state index contributed by atoms with van der Waals surface area (Å²) in [6.45, 7) is 10.7. The molecular formula is C17H28O3. The Morgan fingerprint density at radius 2 is 2.00 bits per heavy atom. The molecular weight excluding hydrogens is 252 g/mol. The summed E-state index contributed by atoms with van der Waals surface area (Å²) in [5.74, 6) is 1.71. The Kier molecular flexibility index (Phi) is 4.90. The minimum atomic E-state index is -0.371. The van der Waals surface area contributed by atoms with E-state index >= 15 is 0 Å². The number of rotatable bonds is 3. The third-order valence-electron chi connectivity index (χ3n) is 4.75. The zero-order chi connectivity index (χ0) is 14.9. The average Bonchev–Trinajstić information content (AvgIpc) is 2.70. The SMILES string of the molecule is CC(C)=C1C[C@H](O[C@@H]2C[C@H](C)CC[C@H]2C(C)C)OC1=O. The van der Waals surface area contributed by atoms with Gasteiger partial charge in [0.1, 0.15) is 0 Å². The number of carbonyl (C=O) groups is 1. The maximum Gasteiger partial charge on any atom is 0.336 e. The van der Waals surface area contributed by atoms with Crippen molar-refractivity contribution in [3.8, 4) is 0 Å². The van der Waals surface area contributed by atoms with Crippen LogP contribution in [0.3, 0.4) is 0 Å². The quantitative estimate of drug-likeness (QED) is 0.577. The number of ether oxygens (including phenoxy) is 2. The van der Waals surface area contributed by atoms with Crippen LogP contribution in [-0.2, 0) is 14.3 Å². The molecule has 0 amide bonds. The van der Waals surface area contributed by atoms with E-state index in [9.17, 15) is 4.79 Å². The second-order valence-corrected chi connectivity index (χ2v) is 7.02. The third-order valence-corrected chi connectivity index (χ3v) is 4.75. The summed E-state index contributed by atoms with van der Waals surface area (Å²) in [5.41, 5.74) is 1.83. The summed E-state index contributed by atoms with van der Waals surface area (Å²) in [5, 5.41) is 0. The van der Waals surface area contributed by atoms with E-state index in [1.165, 1.54) is 12.8 Å². The number of carbonyl (C=O) groups excluding carboxylic acids is 1. The van der Waals surface area contributed by atoms with Gasteiger partial charge in [-0.25, -0.2) is 4.79 Å². The molecule has 0 N–H and O–H groups in total. The molecule has 1 aliphatic carbocycles. The van der Waals surface area contributed by atoms with Gasteiger partial charge in [-0.1, -0.05) is 32.8 Å². The van der Waals surface area contributed by atoms with E-state index in [0.717, 1.165) is 17.6 Å². The van der Waals surface area contributed by atoms with Crippen molar-refractivity contribution < 1.29 is 14.3 Å². The minimum absolute atomic E-state index is 0.194. The topological polar surface area (TPSA) is 35.5 Å². The number of hydrogen-bond donors (Lipinski definition) is 0. The molecule has 0 radical (unpaired) electrons. The van der Waals surface area contributed by atoms with Gasteiger partial charge < -0.3 is 9.47 Å². The standard InChI is InChI=1S/C17H28O3/c1-10(2)13-7-6-12(5)8-15(13)19-16-9-14(11(3)4)17(18)20-16/h10,12-13,15-16H,6-9H2,1-5H3/t12-,13+,15-,16-/m1/s1. The Labute approximate surface area is 122 Å². The van der Waals surface area contributed by atoms with Gasteiger partial charge in [0.25, 0.3) is 0 Å². The number of allylic oxidation sites excluding steroid dienone is 1. The fourth-order valence-electron chi connectivity index (χ4n) is 3.43. The molecule has 3 nitrogen and oxygen atoms in total. The smallest absolute Gasteiger partial charge is 0.336 e. The molecule has 0 aromatic carbocycles. The summed E-state index contributed by atoms with van der Waals surface area (Å²) in [6.07, 6.45) is 4.06. The van der Waals surface area contributed by atoms with Crippen LogP contribution in [0, 0.1) is 17.8 Å². The van der Waals surface area contributed by atoms with Crippen LogP contribution in [0.2, 0.25) is 0 Å². The number of hydrogen-bond acceptors (Lipinski definition) is 3. The van der Waals surface area contributed by atoms with Gasteiger partial charge in [0, 0.05) is 12.0 Å². The van der Waals surface area contributed by atoms with Gasteiger partial charge >= 0.3 is 5.97 Å².